The molecule has 1 N–H and O–H groups in total. The standard InChI is InChI=1S/C8H9N3O/c1-5-4-9-11-6(2)3-7(12)10-8(5)11/h3-4H,1-2H3,(H,10,12). The maximum Gasteiger partial charge on any atom is 0.251 e. The number of H-pyrrole nitrogens is 1. The van der Waals surface area contributed by atoms with Crippen LogP contribution in [0.1, 0.15) is 11.3 Å². The van der Waals surface area contributed by atoms with Crippen LogP contribution >= 0.6 is 0 Å². The second-order valence-electron chi connectivity index (χ2n) is 2.86. The third kappa shape index (κ3) is 0.845. The lowest BCUT2D eigenvalue weighted by Crippen LogP contribution is -2.09. The van der Waals surface area contributed by atoms with Crippen molar-refractivity contribution in [2.45, 2.75) is 13.8 Å². The molecule has 2 heterocycles. The van der Waals surface area contributed by atoms with E-state index in [4.69, 9.17) is 0 Å². The number of nitrogens with zero attached hydrogens (tertiary/aromatic N) is 2. The molecule has 0 atom stereocenters. The van der Waals surface area contributed by atoms with E-state index in [1.54, 1.807) is 10.7 Å². The van der Waals surface area contributed by atoms with Gasteiger partial charge in [-0.2, -0.15) is 5.10 Å². The van der Waals surface area contributed by atoms with Gasteiger partial charge in [0.05, 0.1) is 6.20 Å². The molecule has 0 aliphatic carbocycles. The van der Waals surface area contributed by atoms with Gasteiger partial charge < -0.3 is 4.98 Å². The molecule has 0 aliphatic heterocycles. The van der Waals surface area contributed by atoms with E-state index in [2.05, 4.69) is 10.1 Å². The van der Waals surface area contributed by atoms with Crippen LogP contribution in [0.15, 0.2) is 17.1 Å². The summed E-state index contributed by atoms with van der Waals surface area (Å²) in [7, 11) is 0. The van der Waals surface area contributed by atoms with Crippen LogP contribution in [0.25, 0.3) is 5.65 Å². The van der Waals surface area contributed by atoms with Crippen molar-refractivity contribution in [3.05, 3.63) is 33.9 Å². The summed E-state index contributed by atoms with van der Waals surface area (Å²) in [6, 6.07) is 1.53. The summed E-state index contributed by atoms with van der Waals surface area (Å²) < 4.78 is 1.72. The van der Waals surface area contributed by atoms with Gasteiger partial charge in [-0.05, 0) is 13.8 Å². The molecule has 0 amide bonds. The van der Waals surface area contributed by atoms with Gasteiger partial charge in [0, 0.05) is 17.3 Å². The third-order valence-corrected chi connectivity index (χ3v) is 1.87. The zero-order valence-corrected chi connectivity index (χ0v) is 6.96. The molecular weight excluding hydrogens is 154 g/mol. The van der Waals surface area contributed by atoms with E-state index in [0.29, 0.717) is 0 Å². The Morgan fingerprint density at radius 2 is 2.25 bits per heavy atom. The van der Waals surface area contributed by atoms with Gasteiger partial charge in [-0.15, -0.1) is 0 Å². The number of hydrogen-bond acceptors (Lipinski definition) is 2. The van der Waals surface area contributed by atoms with Crippen LogP contribution in [0.3, 0.4) is 0 Å². The molecular formula is C8H9N3O. The topological polar surface area (TPSA) is 50.2 Å². The van der Waals surface area contributed by atoms with Crippen LogP contribution in [0, 0.1) is 13.8 Å². The van der Waals surface area contributed by atoms with Gasteiger partial charge in [0.25, 0.3) is 5.56 Å². The first-order valence-corrected chi connectivity index (χ1v) is 3.73. The van der Waals surface area contributed by atoms with Crippen molar-refractivity contribution in [2.24, 2.45) is 0 Å². The fourth-order valence-electron chi connectivity index (χ4n) is 1.25. The van der Waals surface area contributed by atoms with E-state index in [0.717, 1.165) is 16.9 Å². The molecule has 0 radical (unpaired) electrons. The van der Waals surface area contributed by atoms with Gasteiger partial charge >= 0.3 is 0 Å². The third-order valence-electron chi connectivity index (χ3n) is 1.87. The zero-order chi connectivity index (χ0) is 8.72. The molecule has 0 aliphatic rings. The summed E-state index contributed by atoms with van der Waals surface area (Å²) in [6.07, 6.45) is 1.73. The predicted octanol–water partition coefficient (Wildman–Crippen LogP) is 0.639. The summed E-state index contributed by atoms with van der Waals surface area (Å²) in [5.74, 6) is 0. The van der Waals surface area contributed by atoms with Crippen LogP contribution < -0.4 is 5.56 Å². The average molecular weight is 163 g/mol. The quantitative estimate of drug-likeness (QED) is 0.619. The molecule has 4 heteroatoms. The maximum absolute atomic E-state index is 11.1. The Balaban J connectivity index is 3.02. The Labute approximate surface area is 68.8 Å². The number of nitrogens with one attached hydrogen (secondary N) is 1. The van der Waals surface area contributed by atoms with Crippen LogP contribution in [-0.2, 0) is 0 Å². The van der Waals surface area contributed by atoms with Crippen molar-refractivity contribution in [3.8, 4) is 0 Å². The van der Waals surface area contributed by atoms with Crippen molar-refractivity contribution in [1.29, 1.82) is 0 Å². The van der Waals surface area contributed by atoms with Crippen LogP contribution in [-0.4, -0.2) is 14.6 Å². The maximum atomic E-state index is 11.1. The fourth-order valence-corrected chi connectivity index (χ4v) is 1.25. The van der Waals surface area contributed by atoms with E-state index >= 15 is 0 Å². The summed E-state index contributed by atoms with van der Waals surface area (Å²) >= 11 is 0. The molecule has 4 nitrogen and oxygen atoms in total. The number of aromatic amines is 1. The molecule has 62 valence electrons. The monoisotopic (exact) mass is 163 g/mol. The lowest BCUT2D eigenvalue weighted by molar-refractivity contribution is 0.887. The fraction of sp³-hybridized carbons (Fsp3) is 0.250. The Morgan fingerprint density at radius 3 is 3.00 bits per heavy atom. The first-order chi connectivity index (χ1) is 5.68. The molecule has 12 heavy (non-hydrogen) atoms. The van der Waals surface area contributed by atoms with Crippen LogP contribution in [0.5, 0.6) is 0 Å². The van der Waals surface area contributed by atoms with Gasteiger partial charge in [-0.3, -0.25) is 4.79 Å². The molecule has 0 fully saturated rings. The van der Waals surface area contributed by atoms with Crippen molar-refractivity contribution in [3.63, 3.8) is 0 Å². The Bertz CT molecular complexity index is 480. The largest absolute Gasteiger partial charge is 0.307 e. The van der Waals surface area contributed by atoms with E-state index < -0.39 is 0 Å². The Morgan fingerprint density at radius 1 is 1.50 bits per heavy atom. The number of rotatable bonds is 0. The second-order valence-corrected chi connectivity index (χ2v) is 2.86. The highest BCUT2D eigenvalue weighted by Crippen LogP contribution is 2.04. The summed E-state index contributed by atoms with van der Waals surface area (Å²) in [4.78, 5) is 13.8. The minimum absolute atomic E-state index is 0.0800. The molecule has 0 spiro atoms. The molecule has 0 unspecified atom stereocenters. The minimum atomic E-state index is -0.0800. The van der Waals surface area contributed by atoms with Crippen molar-refractivity contribution >= 4 is 5.65 Å². The summed E-state index contributed by atoms with van der Waals surface area (Å²) in [5, 5.41) is 4.11. The summed E-state index contributed by atoms with van der Waals surface area (Å²) in [5.41, 5.74) is 2.53. The van der Waals surface area contributed by atoms with Gasteiger partial charge in [-0.1, -0.05) is 0 Å². The highest BCUT2D eigenvalue weighted by Gasteiger charge is 2.01. The molecule has 2 rings (SSSR count). The Kier molecular flexibility index (Phi) is 1.30. The normalized spacial score (nSPS) is 10.8. The second kappa shape index (κ2) is 2.20. The Hall–Kier alpha value is -1.58. The first kappa shape index (κ1) is 7.09. The lowest BCUT2D eigenvalue weighted by Gasteiger charge is -1.96. The van der Waals surface area contributed by atoms with E-state index in [9.17, 15) is 4.79 Å². The predicted molar refractivity (Wildman–Crippen MR) is 45.3 cm³/mol. The first-order valence-electron chi connectivity index (χ1n) is 3.73. The van der Waals surface area contributed by atoms with Gasteiger partial charge in [-0.25, -0.2) is 4.52 Å². The smallest absolute Gasteiger partial charge is 0.251 e. The van der Waals surface area contributed by atoms with E-state index in [1.807, 2.05) is 13.8 Å². The number of fused-ring (bicyclic) bond motifs is 1. The average Bonchev–Trinajstić information content (AvgIpc) is 2.33. The minimum Gasteiger partial charge on any atom is -0.307 e. The van der Waals surface area contributed by atoms with E-state index in [-0.39, 0.29) is 5.56 Å². The van der Waals surface area contributed by atoms with Crippen LogP contribution in [0.4, 0.5) is 0 Å². The van der Waals surface area contributed by atoms with Gasteiger partial charge in [0.15, 0.2) is 0 Å². The zero-order valence-electron chi connectivity index (χ0n) is 6.96. The van der Waals surface area contributed by atoms with Gasteiger partial charge in [0.2, 0.25) is 0 Å². The van der Waals surface area contributed by atoms with E-state index in [1.165, 1.54) is 6.07 Å². The highest BCUT2D eigenvalue weighted by molar-refractivity contribution is 5.45. The van der Waals surface area contributed by atoms with Crippen molar-refractivity contribution < 1.29 is 0 Å². The van der Waals surface area contributed by atoms with Crippen molar-refractivity contribution in [2.75, 3.05) is 0 Å². The molecule has 0 saturated carbocycles. The van der Waals surface area contributed by atoms with Gasteiger partial charge in [0.1, 0.15) is 5.65 Å². The molecule has 0 aromatic carbocycles. The molecule has 2 aromatic rings. The number of aryl methyl sites for hydroxylation is 2. The highest BCUT2D eigenvalue weighted by atomic mass is 16.1. The number of aromatic nitrogens is 3. The molecule has 0 bridgehead atoms. The SMILES string of the molecule is Cc1cnn2c(C)cc(=O)[nH]c12. The molecule has 2 aromatic heterocycles. The molecule has 0 saturated heterocycles. The van der Waals surface area contributed by atoms with Crippen molar-refractivity contribution in [1.82, 2.24) is 14.6 Å². The number of hydrogen-bond donors (Lipinski definition) is 1. The lowest BCUT2D eigenvalue weighted by atomic mass is 10.4. The summed E-state index contributed by atoms with van der Waals surface area (Å²) in [6.45, 7) is 3.77. The van der Waals surface area contributed by atoms with Crippen LogP contribution in [0.2, 0.25) is 0 Å².